The van der Waals surface area contributed by atoms with E-state index < -0.39 is 35.7 Å². The molecule has 16 nitrogen and oxygen atoms in total. The Labute approximate surface area is 458 Å². The minimum absolute atomic E-state index is 0. The van der Waals surface area contributed by atoms with Crippen LogP contribution in [0.3, 0.4) is 0 Å². The molecule has 1 aromatic carbocycles. The van der Waals surface area contributed by atoms with Gasteiger partial charge in [-0.2, -0.15) is 10.5 Å². The molecule has 2 rings (SSSR count). The minimum Gasteiger partial charge on any atom is -0.550 e. The summed E-state index contributed by atoms with van der Waals surface area (Å²) < 4.78 is 27.6. The van der Waals surface area contributed by atoms with Gasteiger partial charge >= 0.3 is 71.1 Å². The Kier molecular flexibility index (Phi) is 42.5. The van der Waals surface area contributed by atoms with Gasteiger partial charge in [0, 0.05) is 42.6 Å². The second-order valence-corrected chi connectivity index (χ2v) is 16.2. The number of allylic oxidation sites excluding steroid dienone is 4. The second kappa shape index (κ2) is 43.3. The molecule has 0 aliphatic heterocycles. The van der Waals surface area contributed by atoms with Gasteiger partial charge in [0.2, 0.25) is 0 Å². The van der Waals surface area contributed by atoms with Crippen molar-refractivity contribution in [3.05, 3.63) is 64.1 Å². The van der Waals surface area contributed by atoms with Gasteiger partial charge in [-0.15, -0.1) is 21.6 Å². The van der Waals surface area contributed by atoms with E-state index in [1.807, 2.05) is 50.0 Å². The third-order valence-corrected chi connectivity index (χ3v) is 11.2. The van der Waals surface area contributed by atoms with Crippen LogP contribution in [0.2, 0.25) is 0 Å². The molecule has 2 unspecified atom stereocenters. The van der Waals surface area contributed by atoms with Crippen LogP contribution in [0.5, 0.6) is 0 Å². The fraction of sp³-hybridized carbons (Fsp3) is 0.600. The molecule has 0 aliphatic carbocycles. The van der Waals surface area contributed by atoms with E-state index in [-0.39, 0.29) is 131 Å². The van der Waals surface area contributed by atoms with Gasteiger partial charge in [0.25, 0.3) is 0 Å². The van der Waals surface area contributed by atoms with Crippen LogP contribution in [-0.2, 0) is 42.9 Å². The van der Waals surface area contributed by atoms with Gasteiger partial charge in [0.15, 0.2) is 5.00 Å². The maximum absolute atomic E-state index is 12.4. The molecule has 0 saturated heterocycles. The van der Waals surface area contributed by atoms with E-state index in [1.54, 1.807) is 25.1 Å². The number of hydrogen-bond donors (Lipinski definition) is 0. The number of aryl methyl sites for hydroxylation is 1. The van der Waals surface area contributed by atoms with Crippen molar-refractivity contribution >= 4 is 51.6 Å². The Balaban J connectivity index is 0. The molecule has 370 valence electrons. The van der Waals surface area contributed by atoms with Crippen molar-refractivity contribution in [2.24, 2.45) is 22.1 Å². The van der Waals surface area contributed by atoms with Crippen molar-refractivity contribution in [2.75, 3.05) is 70.8 Å². The summed E-state index contributed by atoms with van der Waals surface area (Å²) >= 11 is 1.11. The number of unbranched alkanes of at least 4 members (excludes halogenated alkanes) is 6. The van der Waals surface area contributed by atoms with Crippen molar-refractivity contribution in [1.29, 1.82) is 10.5 Å². The fourth-order valence-electron chi connectivity index (χ4n) is 6.25. The molecule has 0 radical (unpaired) electrons. The molecule has 0 amide bonds. The molecular weight excluding hydrogens is 925 g/mol. The number of carbonyl (C=O) groups is 4. The predicted molar refractivity (Wildman–Crippen MR) is 254 cm³/mol. The van der Waals surface area contributed by atoms with E-state index in [9.17, 15) is 39.9 Å². The third kappa shape index (κ3) is 30.1. The van der Waals surface area contributed by atoms with Crippen LogP contribution in [0.1, 0.15) is 126 Å². The van der Waals surface area contributed by atoms with Gasteiger partial charge in [0.1, 0.15) is 30.2 Å². The van der Waals surface area contributed by atoms with Gasteiger partial charge in [-0.25, -0.2) is 0 Å². The number of carbonyl (C=O) groups excluding carboxylic acids is 4. The molecule has 0 fully saturated rings. The monoisotopic (exact) mass is 995 g/mol. The zero-order chi connectivity index (χ0) is 49.7. The first-order valence-electron chi connectivity index (χ1n) is 23.4. The number of nitriles is 2. The van der Waals surface area contributed by atoms with Crippen LogP contribution in [0.25, 0.3) is 0 Å². The Morgan fingerprint density at radius 1 is 0.696 bits per heavy atom. The van der Waals surface area contributed by atoms with Crippen LogP contribution < -0.4 is 74.2 Å². The third-order valence-electron chi connectivity index (χ3n) is 10.1. The number of carboxylic acid groups (broad SMARTS) is 2. The summed E-state index contributed by atoms with van der Waals surface area (Å²) in [5.74, 6) is -5.78. The number of aliphatic carboxylic acids is 2. The smallest absolute Gasteiger partial charge is 0.550 e. The molecule has 19 heteroatoms. The number of nitrogens with zero attached hydrogens (tertiary/aromatic N) is 5. The number of azo groups is 1. The largest absolute Gasteiger partial charge is 1.00 e. The number of anilines is 1. The first-order chi connectivity index (χ1) is 32.4. The Morgan fingerprint density at radius 2 is 1.17 bits per heavy atom. The number of carboxylic acids is 2. The molecule has 69 heavy (non-hydrogen) atoms. The molecule has 2 atom stereocenters. The van der Waals surface area contributed by atoms with E-state index in [2.05, 4.69) is 36.2 Å². The van der Waals surface area contributed by atoms with Crippen molar-refractivity contribution in [1.82, 2.24) is 0 Å². The first-order valence-corrected chi connectivity index (χ1v) is 24.2. The van der Waals surface area contributed by atoms with Gasteiger partial charge in [-0.05, 0) is 81.7 Å². The maximum atomic E-state index is 12.4. The molecule has 2 aromatic rings. The molecule has 0 bridgehead atoms. The Hall–Kier alpha value is -3.46. The summed E-state index contributed by atoms with van der Waals surface area (Å²) in [5, 5.41) is 51.1. The van der Waals surface area contributed by atoms with Gasteiger partial charge < -0.3 is 48.4 Å². The summed E-state index contributed by atoms with van der Waals surface area (Å²) in [5.41, 5.74) is 3.11. The average molecular weight is 996 g/mol. The molecule has 0 spiro atoms. The molecule has 0 saturated carbocycles. The summed E-state index contributed by atoms with van der Waals surface area (Å²) in [7, 11) is 0. The molecule has 1 heterocycles. The predicted octanol–water partition coefficient (Wildman–Crippen LogP) is 2.07. The van der Waals surface area contributed by atoms with Crippen LogP contribution in [0.15, 0.2) is 52.7 Å². The second-order valence-electron chi connectivity index (χ2n) is 15.2. The number of hydrogen-bond acceptors (Lipinski definition) is 17. The van der Waals surface area contributed by atoms with Gasteiger partial charge in [-0.3, -0.25) is 9.59 Å². The number of benzene rings is 1. The Morgan fingerprint density at radius 3 is 1.61 bits per heavy atom. The van der Waals surface area contributed by atoms with Crippen molar-refractivity contribution in [3.63, 3.8) is 0 Å². The first kappa shape index (κ1) is 67.6. The normalized spacial score (nSPS) is 11.7. The molecule has 0 aliphatic rings. The van der Waals surface area contributed by atoms with E-state index >= 15 is 0 Å². The van der Waals surface area contributed by atoms with E-state index in [1.165, 1.54) is 0 Å². The fourth-order valence-corrected chi connectivity index (χ4v) is 7.13. The van der Waals surface area contributed by atoms with Gasteiger partial charge in [-0.1, -0.05) is 77.7 Å². The summed E-state index contributed by atoms with van der Waals surface area (Å²) in [6.45, 7) is 13.9. The van der Waals surface area contributed by atoms with Crippen LogP contribution in [0.4, 0.5) is 16.4 Å². The van der Waals surface area contributed by atoms with Crippen molar-refractivity contribution < 1.29 is 112 Å². The van der Waals surface area contributed by atoms with Gasteiger partial charge in [0.05, 0.1) is 63.7 Å². The summed E-state index contributed by atoms with van der Waals surface area (Å²) in [6, 6.07) is 9.78. The van der Waals surface area contributed by atoms with Crippen molar-refractivity contribution in [2.45, 2.75) is 119 Å². The SMILES string of the molecule is CC.CCCCC/C=C/CC(CC(=O)OCCOCCOCCN(CCOCCOC(=O)CC(C/C=C/CCCCC)C(=O)[O-])c1ccc(N=Nc2sc(C#N)c(C)c2C#N)c(C)c1)C(=O)[O-].[Na+].[Na+]. The van der Waals surface area contributed by atoms with Crippen LogP contribution in [-0.4, -0.2) is 89.8 Å². The molecule has 1 aromatic heterocycles. The Bertz CT molecular complexity index is 1950. The average Bonchev–Trinajstić information content (AvgIpc) is 3.63. The number of rotatable bonds is 36. The topological polar surface area (TPSA) is 236 Å². The summed E-state index contributed by atoms with van der Waals surface area (Å²) in [4.78, 5) is 50.2. The molecule has 0 N–H and O–H groups in total. The van der Waals surface area contributed by atoms with Crippen molar-refractivity contribution in [3.8, 4) is 12.1 Å². The maximum Gasteiger partial charge on any atom is 1.00 e. The van der Waals surface area contributed by atoms with Crippen LogP contribution in [0, 0.1) is 48.3 Å². The number of esters is 2. The minimum atomic E-state index is -1.29. The zero-order valence-corrected chi connectivity index (χ0v) is 47.2. The van der Waals surface area contributed by atoms with E-state index in [0.29, 0.717) is 46.4 Å². The standard InChI is InChI=1S/C48H67N5O11S.C2H6.2Na/c1-5-7-9-11-13-15-17-38(47(56)57)32-44(54)63-29-27-61-24-22-53(40-19-20-42(36(3)31-40)51-52-46-41(34-49)37(4)43(35-50)65-46)21-23-60-25-26-62-28-30-64-45(55)33-39(48(58)59)18-16-14-12-10-8-6-2;1-2;;/h13-16,19-20,31,38-39H,5-12,17-18,21-30,32-33H2,1-4H3,(H,56,57)(H,58,59);1-2H3;;/q;;2*+1/p-2/b15-13+,16-14+,52-51?;;;. The quantitative estimate of drug-likeness (QED) is 0.0313. The van der Waals surface area contributed by atoms with E-state index in [4.69, 9.17) is 23.7 Å². The van der Waals surface area contributed by atoms with Crippen LogP contribution >= 0.6 is 11.3 Å². The van der Waals surface area contributed by atoms with E-state index in [0.717, 1.165) is 74.0 Å². The zero-order valence-electron chi connectivity index (χ0n) is 42.4. The number of ether oxygens (including phenoxy) is 5. The summed E-state index contributed by atoms with van der Waals surface area (Å²) in [6.07, 6.45) is 15.4. The molecular formula is C50H71N5Na2O11S. The number of thiophene rings is 1.